The highest BCUT2D eigenvalue weighted by Gasteiger charge is 2.35. The maximum Gasteiger partial charge on any atom is 0.419 e. The highest BCUT2D eigenvalue weighted by Crippen LogP contribution is 2.34. The van der Waals surface area contributed by atoms with Crippen LogP contribution >= 0.6 is 0 Å². The second-order valence-electron chi connectivity index (χ2n) is 2.66. The number of aldehydes is 1. The number of halogens is 4. The lowest BCUT2D eigenvalue weighted by Gasteiger charge is -2.11. The van der Waals surface area contributed by atoms with E-state index >= 15 is 0 Å². The second-order valence-corrected chi connectivity index (χ2v) is 2.66. The van der Waals surface area contributed by atoms with Gasteiger partial charge in [0.1, 0.15) is 11.6 Å². The molecule has 0 N–H and O–H groups in total. The highest BCUT2D eigenvalue weighted by molar-refractivity contribution is 5.80. The molecule has 82 valence electrons. The minimum absolute atomic E-state index is 0.0105. The standard InChI is InChI=1S/C9H6F4O2/c1-15-7-3-2-6(9(11,12)13)8(10)5(7)4-14/h2-4H,1H3. The summed E-state index contributed by atoms with van der Waals surface area (Å²) in [4.78, 5) is 10.4. The van der Waals surface area contributed by atoms with Crippen LogP contribution in [-0.4, -0.2) is 13.4 Å². The van der Waals surface area contributed by atoms with E-state index in [2.05, 4.69) is 4.74 Å². The molecule has 0 aliphatic carbocycles. The second kappa shape index (κ2) is 3.88. The molecule has 0 heterocycles. The first-order chi connectivity index (χ1) is 6.91. The summed E-state index contributed by atoms with van der Waals surface area (Å²) < 4.78 is 54.3. The van der Waals surface area contributed by atoms with Crippen molar-refractivity contribution in [3.63, 3.8) is 0 Å². The first-order valence-corrected chi connectivity index (χ1v) is 3.80. The Balaban J connectivity index is 3.42. The van der Waals surface area contributed by atoms with Gasteiger partial charge in [0.05, 0.1) is 18.2 Å². The fourth-order valence-corrected chi connectivity index (χ4v) is 1.08. The number of rotatable bonds is 2. The molecular formula is C9H6F4O2. The molecule has 0 saturated heterocycles. The average Bonchev–Trinajstić information content (AvgIpc) is 2.15. The zero-order chi connectivity index (χ0) is 11.6. The number of benzene rings is 1. The number of hydrogen-bond acceptors (Lipinski definition) is 2. The smallest absolute Gasteiger partial charge is 0.419 e. The molecule has 0 amide bonds. The predicted molar refractivity (Wildman–Crippen MR) is 43.3 cm³/mol. The van der Waals surface area contributed by atoms with Gasteiger partial charge in [-0.05, 0) is 12.1 Å². The third-order valence-electron chi connectivity index (χ3n) is 1.78. The molecule has 0 fully saturated rings. The lowest BCUT2D eigenvalue weighted by molar-refractivity contribution is -0.140. The van der Waals surface area contributed by atoms with Crippen LogP contribution in [0.5, 0.6) is 5.75 Å². The van der Waals surface area contributed by atoms with Crippen LogP contribution in [-0.2, 0) is 6.18 Å². The molecule has 15 heavy (non-hydrogen) atoms. The quantitative estimate of drug-likeness (QED) is 0.568. The van der Waals surface area contributed by atoms with Crippen molar-refractivity contribution >= 4 is 6.29 Å². The zero-order valence-corrected chi connectivity index (χ0v) is 7.56. The van der Waals surface area contributed by atoms with E-state index in [1.807, 2.05) is 0 Å². The van der Waals surface area contributed by atoms with E-state index in [-0.39, 0.29) is 12.0 Å². The van der Waals surface area contributed by atoms with Crippen molar-refractivity contribution in [2.24, 2.45) is 0 Å². The van der Waals surface area contributed by atoms with Crippen LogP contribution in [0.2, 0.25) is 0 Å². The van der Waals surface area contributed by atoms with Crippen LogP contribution in [0.15, 0.2) is 12.1 Å². The average molecular weight is 222 g/mol. The number of methoxy groups -OCH3 is 1. The number of carbonyl (C=O) groups excluding carboxylic acids is 1. The fraction of sp³-hybridized carbons (Fsp3) is 0.222. The van der Waals surface area contributed by atoms with E-state index in [1.165, 1.54) is 0 Å². The van der Waals surface area contributed by atoms with Gasteiger partial charge >= 0.3 is 6.18 Å². The van der Waals surface area contributed by atoms with E-state index in [4.69, 9.17) is 0 Å². The summed E-state index contributed by atoms with van der Waals surface area (Å²) in [5.74, 6) is -1.84. The Morgan fingerprint density at radius 3 is 2.33 bits per heavy atom. The van der Waals surface area contributed by atoms with E-state index in [0.29, 0.717) is 6.07 Å². The fourth-order valence-electron chi connectivity index (χ4n) is 1.08. The normalized spacial score (nSPS) is 11.3. The number of carbonyl (C=O) groups is 1. The van der Waals surface area contributed by atoms with Gasteiger partial charge < -0.3 is 4.74 Å². The van der Waals surface area contributed by atoms with Gasteiger partial charge in [0, 0.05) is 0 Å². The Morgan fingerprint density at radius 1 is 1.33 bits per heavy atom. The van der Waals surface area contributed by atoms with E-state index in [1.54, 1.807) is 0 Å². The van der Waals surface area contributed by atoms with Crippen LogP contribution < -0.4 is 4.74 Å². The van der Waals surface area contributed by atoms with Crippen molar-refractivity contribution in [2.75, 3.05) is 7.11 Å². The van der Waals surface area contributed by atoms with Crippen LogP contribution in [0.4, 0.5) is 17.6 Å². The van der Waals surface area contributed by atoms with Crippen LogP contribution in [0.25, 0.3) is 0 Å². The number of alkyl halides is 3. The van der Waals surface area contributed by atoms with E-state index in [0.717, 1.165) is 13.2 Å². The lowest BCUT2D eigenvalue weighted by atomic mass is 10.1. The molecule has 0 radical (unpaired) electrons. The molecule has 1 aromatic carbocycles. The molecule has 0 saturated carbocycles. The van der Waals surface area contributed by atoms with Gasteiger partial charge in [-0.1, -0.05) is 0 Å². The molecule has 0 aliphatic heterocycles. The van der Waals surface area contributed by atoms with Gasteiger partial charge in [-0.25, -0.2) is 4.39 Å². The van der Waals surface area contributed by atoms with Crippen molar-refractivity contribution in [3.8, 4) is 5.75 Å². The molecule has 1 aromatic rings. The summed E-state index contributed by atoms with van der Waals surface area (Å²) in [5.41, 5.74) is -2.21. The summed E-state index contributed by atoms with van der Waals surface area (Å²) in [6.45, 7) is 0. The molecule has 0 unspecified atom stereocenters. The Morgan fingerprint density at radius 2 is 1.93 bits per heavy atom. The molecule has 0 atom stereocenters. The van der Waals surface area contributed by atoms with Gasteiger partial charge in [0.2, 0.25) is 0 Å². The summed E-state index contributed by atoms with van der Waals surface area (Å²) in [5, 5.41) is 0. The first-order valence-electron chi connectivity index (χ1n) is 3.80. The van der Waals surface area contributed by atoms with Crippen molar-refractivity contribution in [3.05, 3.63) is 29.1 Å². The monoisotopic (exact) mass is 222 g/mol. The topological polar surface area (TPSA) is 26.3 Å². The largest absolute Gasteiger partial charge is 0.496 e. The highest BCUT2D eigenvalue weighted by atomic mass is 19.4. The number of ether oxygens (including phenoxy) is 1. The van der Waals surface area contributed by atoms with Crippen molar-refractivity contribution in [2.45, 2.75) is 6.18 Å². The Hall–Kier alpha value is -1.59. The Bertz CT molecular complexity index is 384. The summed E-state index contributed by atoms with van der Waals surface area (Å²) in [6.07, 6.45) is -4.84. The van der Waals surface area contributed by atoms with Crippen LogP contribution in [0.1, 0.15) is 15.9 Å². The lowest BCUT2D eigenvalue weighted by Crippen LogP contribution is -2.10. The summed E-state index contributed by atoms with van der Waals surface area (Å²) >= 11 is 0. The van der Waals surface area contributed by atoms with Crippen molar-refractivity contribution < 1.29 is 27.1 Å². The summed E-state index contributed by atoms with van der Waals surface area (Å²) in [6, 6.07) is 1.43. The van der Waals surface area contributed by atoms with Gasteiger partial charge in [0.25, 0.3) is 0 Å². The molecule has 0 aliphatic rings. The molecular weight excluding hydrogens is 216 g/mol. The molecule has 0 bridgehead atoms. The maximum atomic E-state index is 13.2. The number of hydrogen-bond donors (Lipinski definition) is 0. The molecule has 0 aromatic heterocycles. The Kier molecular flexibility index (Phi) is 2.97. The van der Waals surface area contributed by atoms with Gasteiger partial charge in [-0.2, -0.15) is 13.2 Å². The third-order valence-corrected chi connectivity index (χ3v) is 1.78. The van der Waals surface area contributed by atoms with Crippen molar-refractivity contribution in [1.29, 1.82) is 0 Å². The van der Waals surface area contributed by atoms with Gasteiger partial charge in [-0.3, -0.25) is 4.79 Å². The minimum atomic E-state index is -4.83. The first kappa shape index (κ1) is 11.5. The Labute approximate surface area is 82.5 Å². The molecule has 2 nitrogen and oxygen atoms in total. The molecule has 6 heteroatoms. The van der Waals surface area contributed by atoms with Gasteiger partial charge in [-0.15, -0.1) is 0 Å². The SMILES string of the molecule is COc1ccc(C(F)(F)F)c(F)c1C=O. The predicted octanol–water partition coefficient (Wildman–Crippen LogP) is 2.67. The molecule has 1 rings (SSSR count). The van der Waals surface area contributed by atoms with Crippen molar-refractivity contribution in [1.82, 2.24) is 0 Å². The van der Waals surface area contributed by atoms with Crippen LogP contribution in [0, 0.1) is 5.82 Å². The molecule has 0 spiro atoms. The zero-order valence-electron chi connectivity index (χ0n) is 7.56. The third kappa shape index (κ3) is 2.08. The summed E-state index contributed by atoms with van der Waals surface area (Å²) in [7, 11) is 1.13. The maximum absolute atomic E-state index is 13.2. The van der Waals surface area contributed by atoms with Crippen LogP contribution in [0.3, 0.4) is 0 Å². The van der Waals surface area contributed by atoms with E-state index in [9.17, 15) is 22.4 Å². The minimum Gasteiger partial charge on any atom is -0.496 e. The van der Waals surface area contributed by atoms with E-state index < -0.39 is 23.1 Å². The van der Waals surface area contributed by atoms with Gasteiger partial charge in [0.15, 0.2) is 6.29 Å².